The number of anilines is 1. The second-order valence-electron chi connectivity index (χ2n) is 10.5. The van der Waals surface area contributed by atoms with Crippen LogP contribution in [0.4, 0.5) is 32.4 Å². The van der Waals surface area contributed by atoms with Crippen molar-refractivity contribution in [2.24, 2.45) is 4.99 Å². The molecule has 0 bridgehead atoms. The fourth-order valence-electron chi connectivity index (χ4n) is 4.99. The summed E-state index contributed by atoms with van der Waals surface area (Å²) in [6.07, 6.45) is -7.95. The molecule has 1 saturated heterocycles. The van der Waals surface area contributed by atoms with Gasteiger partial charge in [0.1, 0.15) is 12.1 Å². The number of aryl methyl sites for hydroxylation is 1. The van der Waals surface area contributed by atoms with Gasteiger partial charge in [0.15, 0.2) is 17.2 Å². The molecule has 0 radical (unpaired) electrons. The number of nitrogens with zero attached hydrogens (tertiary/aromatic N) is 5. The maximum Gasteiger partial charge on any atom is 0.573 e. The van der Waals surface area contributed by atoms with Crippen molar-refractivity contribution in [3.8, 4) is 22.8 Å². The topological polar surface area (TPSA) is 84.6 Å². The average Bonchev–Trinajstić information content (AvgIpc) is 3.66. The third-order valence-electron chi connectivity index (χ3n) is 6.98. The number of ether oxygens (including phenoxy) is 1. The molecule has 8 nitrogen and oxygen atoms in total. The third-order valence-corrected chi connectivity index (χ3v) is 7.93. The van der Waals surface area contributed by atoms with E-state index in [-0.39, 0.29) is 23.1 Å². The molecule has 14 heteroatoms. The van der Waals surface area contributed by atoms with Crippen LogP contribution < -0.4 is 15.0 Å². The molecule has 5 rings (SSSR count). The quantitative estimate of drug-likeness (QED) is 0.155. The Labute approximate surface area is 260 Å². The smallest absolute Gasteiger partial charge is 0.406 e. The van der Waals surface area contributed by atoms with Gasteiger partial charge < -0.3 is 15.0 Å². The molecule has 0 saturated carbocycles. The van der Waals surface area contributed by atoms with Gasteiger partial charge in [0.25, 0.3) is 0 Å². The summed E-state index contributed by atoms with van der Waals surface area (Å²) >= 11 is 1.37. The van der Waals surface area contributed by atoms with Crippen LogP contribution >= 0.6 is 11.8 Å². The first kappa shape index (κ1) is 31.9. The number of benzene rings is 3. The Morgan fingerprint density at radius 3 is 2.42 bits per heavy atom. The number of aromatic nitrogens is 3. The fraction of sp³-hybridized carbons (Fsp3) is 0.290. The number of aliphatic imine (C=N–C) groups is 1. The largest absolute Gasteiger partial charge is 0.573 e. The average molecular weight is 645 g/mol. The number of amidine groups is 1. The summed E-state index contributed by atoms with van der Waals surface area (Å²) < 4.78 is 72.3. The van der Waals surface area contributed by atoms with Gasteiger partial charge in [-0.15, -0.1) is 18.3 Å². The van der Waals surface area contributed by atoms with Crippen LogP contribution in [0, 0.1) is 6.92 Å². The first-order chi connectivity index (χ1) is 21.4. The molecule has 45 heavy (non-hydrogen) atoms. The van der Waals surface area contributed by atoms with Crippen molar-refractivity contribution >= 4 is 28.6 Å². The number of nitrogens with one attached hydrogen (secondary N) is 1. The molecule has 0 aliphatic carbocycles. The molecule has 0 spiro atoms. The van der Waals surface area contributed by atoms with E-state index in [1.807, 2.05) is 35.3 Å². The van der Waals surface area contributed by atoms with Gasteiger partial charge in [0.05, 0.1) is 5.69 Å². The van der Waals surface area contributed by atoms with E-state index in [0.29, 0.717) is 28.7 Å². The number of alkyl halides is 5. The van der Waals surface area contributed by atoms with Crippen molar-refractivity contribution in [3.05, 3.63) is 89.7 Å². The number of hydrogen-bond donors (Lipinski definition) is 1. The van der Waals surface area contributed by atoms with Gasteiger partial charge >= 0.3 is 12.4 Å². The van der Waals surface area contributed by atoms with Crippen molar-refractivity contribution in [2.75, 3.05) is 17.2 Å². The van der Waals surface area contributed by atoms with E-state index in [1.54, 1.807) is 0 Å². The molecule has 236 valence electrons. The van der Waals surface area contributed by atoms with Gasteiger partial charge in [0.2, 0.25) is 6.30 Å². The van der Waals surface area contributed by atoms with Crippen molar-refractivity contribution in [1.82, 2.24) is 20.1 Å². The number of rotatable bonds is 8. The van der Waals surface area contributed by atoms with Crippen LogP contribution in [0.5, 0.6) is 5.75 Å². The van der Waals surface area contributed by atoms with E-state index in [0.717, 1.165) is 28.9 Å². The second kappa shape index (κ2) is 13.3. The van der Waals surface area contributed by atoms with Crippen LogP contribution in [0.1, 0.15) is 42.6 Å². The van der Waals surface area contributed by atoms with E-state index < -0.39 is 24.9 Å². The number of carbonyl (C=O) groups is 1. The maximum atomic E-state index is 15.1. The Morgan fingerprint density at radius 2 is 1.76 bits per heavy atom. The van der Waals surface area contributed by atoms with Crippen molar-refractivity contribution in [3.63, 3.8) is 0 Å². The minimum Gasteiger partial charge on any atom is -0.406 e. The van der Waals surface area contributed by atoms with Gasteiger partial charge in [0, 0.05) is 23.5 Å². The van der Waals surface area contributed by atoms with Gasteiger partial charge in [-0.05, 0) is 59.9 Å². The van der Waals surface area contributed by atoms with Crippen molar-refractivity contribution < 1.29 is 31.5 Å². The first-order valence-electron chi connectivity index (χ1n) is 13.9. The number of amides is 2. The molecule has 4 aromatic rings. The molecule has 3 aromatic carbocycles. The van der Waals surface area contributed by atoms with E-state index in [4.69, 9.17) is 0 Å². The van der Waals surface area contributed by atoms with Crippen molar-refractivity contribution in [2.45, 2.75) is 45.5 Å². The van der Waals surface area contributed by atoms with E-state index in [1.165, 1.54) is 59.2 Å². The third kappa shape index (κ3) is 7.62. The molecular formula is C31H29F5N6O2S. The number of hydrogen-bond acceptors (Lipinski definition) is 5. The van der Waals surface area contributed by atoms with Crippen LogP contribution in [-0.4, -0.2) is 50.9 Å². The lowest BCUT2D eigenvalue weighted by atomic mass is 9.95. The molecule has 1 N–H and O–H groups in total. The zero-order valence-electron chi connectivity index (χ0n) is 24.4. The molecular weight excluding hydrogens is 615 g/mol. The monoisotopic (exact) mass is 644 g/mol. The Bertz CT molecular complexity index is 1680. The van der Waals surface area contributed by atoms with Crippen molar-refractivity contribution in [1.29, 1.82) is 0 Å². The standard InChI is InChI=1S/C31H29F5N6O2S/c1-18(2)25-19(3)5-4-6-24(25)41-15-16-45-30(41)39-29(43)38-27(33)26(32)20-7-9-21(10-8-20)28-37-17-42(40-28)22-11-13-23(14-12-22)44-31(34,35)36/h4-14,17-18,26-27H,15-16H2,1-3H3,(H,38,43). The summed E-state index contributed by atoms with van der Waals surface area (Å²) in [6, 6.07) is 15.7. The molecule has 1 aliphatic heterocycles. The summed E-state index contributed by atoms with van der Waals surface area (Å²) in [5.41, 5.74) is 4.10. The summed E-state index contributed by atoms with van der Waals surface area (Å²) in [5, 5.41) is 6.72. The van der Waals surface area contributed by atoms with Crippen LogP contribution in [0.2, 0.25) is 0 Å². The normalized spacial score (nSPS) is 15.8. The number of urea groups is 1. The Morgan fingerprint density at radius 1 is 1.04 bits per heavy atom. The highest BCUT2D eigenvalue weighted by Crippen LogP contribution is 2.35. The van der Waals surface area contributed by atoms with Gasteiger partial charge in [-0.25, -0.2) is 23.2 Å². The van der Waals surface area contributed by atoms with E-state index in [2.05, 4.69) is 33.7 Å². The highest BCUT2D eigenvalue weighted by atomic mass is 32.2. The molecule has 2 unspecified atom stereocenters. The van der Waals surface area contributed by atoms with Crippen LogP contribution in [0.15, 0.2) is 78.0 Å². The molecule has 1 aliphatic rings. The number of carbonyl (C=O) groups excluding carboxylic acids is 1. The summed E-state index contributed by atoms with van der Waals surface area (Å²) in [5.74, 6) is 0.816. The first-order valence-corrected chi connectivity index (χ1v) is 14.9. The fourth-order valence-corrected chi connectivity index (χ4v) is 5.93. The molecule has 1 aromatic heterocycles. The minimum absolute atomic E-state index is 0.0166. The van der Waals surface area contributed by atoms with Crippen LogP contribution in [0.25, 0.3) is 17.1 Å². The number of thioether (sulfide) groups is 1. The maximum absolute atomic E-state index is 15.1. The van der Waals surface area contributed by atoms with Crippen LogP contribution in [0.3, 0.4) is 0 Å². The predicted molar refractivity (Wildman–Crippen MR) is 163 cm³/mol. The van der Waals surface area contributed by atoms with Crippen LogP contribution in [-0.2, 0) is 0 Å². The lowest BCUT2D eigenvalue weighted by molar-refractivity contribution is -0.274. The second-order valence-corrected chi connectivity index (χ2v) is 11.5. The van der Waals surface area contributed by atoms with E-state index >= 15 is 4.39 Å². The zero-order chi connectivity index (χ0) is 32.3. The highest BCUT2D eigenvalue weighted by molar-refractivity contribution is 8.14. The predicted octanol–water partition coefficient (Wildman–Crippen LogP) is 7.89. The molecule has 2 heterocycles. The summed E-state index contributed by atoms with van der Waals surface area (Å²) in [4.78, 5) is 22.8. The zero-order valence-corrected chi connectivity index (χ0v) is 25.2. The highest BCUT2D eigenvalue weighted by Gasteiger charge is 2.31. The number of halogens is 5. The Hall–Kier alpha value is -4.46. The molecule has 1 fully saturated rings. The van der Waals surface area contributed by atoms with E-state index in [9.17, 15) is 22.4 Å². The summed E-state index contributed by atoms with van der Waals surface area (Å²) in [6.45, 7) is 6.84. The minimum atomic E-state index is -4.80. The Kier molecular flexibility index (Phi) is 9.42. The summed E-state index contributed by atoms with van der Waals surface area (Å²) in [7, 11) is 0. The Balaban J connectivity index is 1.22. The SMILES string of the molecule is Cc1cccc(N2CCSC2=NC(=O)NC(F)C(F)c2ccc(-c3ncn(-c4ccc(OC(F)(F)F)cc4)n3)cc2)c1C(C)C. The van der Waals surface area contributed by atoms with Gasteiger partial charge in [-0.3, -0.25) is 0 Å². The van der Waals surface area contributed by atoms with Gasteiger partial charge in [-0.1, -0.05) is 62.0 Å². The lowest BCUT2D eigenvalue weighted by Gasteiger charge is -2.24. The lowest BCUT2D eigenvalue weighted by Crippen LogP contribution is -2.34. The van der Waals surface area contributed by atoms with Gasteiger partial charge in [-0.2, -0.15) is 4.99 Å². The molecule has 2 amide bonds. The molecule has 2 atom stereocenters.